The number of aryl methyl sites for hydroxylation is 1. The van der Waals surface area contributed by atoms with Crippen molar-refractivity contribution < 1.29 is 8.42 Å². The van der Waals surface area contributed by atoms with Crippen LogP contribution >= 0.6 is 11.3 Å². The lowest BCUT2D eigenvalue weighted by atomic mass is 10.2. The van der Waals surface area contributed by atoms with Gasteiger partial charge in [-0.25, -0.2) is 13.4 Å². The predicted octanol–water partition coefficient (Wildman–Crippen LogP) is 2.52. The van der Waals surface area contributed by atoms with Crippen molar-refractivity contribution in [2.45, 2.75) is 52.2 Å². The zero-order valence-corrected chi connectivity index (χ0v) is 14.0. The lowest BCUT2D eigenvalue weighted by Crippen LogP contribution is -2.18. The van der Waals surface area contributed by atoms with Gasteiger partial charge < -0.3 is 5.32 Å². The minimum atomic E-state index is -3.06. The molecule has 110 valence electrons. The van der Waals surface area contributed by atoms with Gasteiger partial charge in [0.1, 0.15) is 10.8 Å². The van der Waals surface area contributed by atoms with Crippen molar-refractivity contribution in [3.05, 3.63) is 15.6 Å². The van der Waals surface area contributed by atoms with Crippen LogP contribution in [0.15, 0.2) is 0 Å². The minimum absolute atomic E-state index is 0.0559. The van der Waals surface area contributed by atoms with Crippen LogP contribution in [0.25, 0.3) is 0 Å². The van der Waals surface area contributed by atoms with Crippen LogP contribution in [0.1, 0.15) is 43.3 Å². The monoisotopic (exact) mass is 304 g/mol. The van der Waals surface area contributed by atoms with Crippen LogP contribution in [-0.4, -0.2) is 25.2 Å². The zero-order valence-electron chi connectivity index (χ0n) is 12.4. The first-order valence-corrected chi connectivity index (χ1v) is 9.13. The Hall–Kier alpha value is -0.460. The van der Waals surface area contributed by atoms with Gasteiger partial charge in [-0.05, 0) is 33.2 Å². The average molecular weight is 304 g/mol. The summed E-state index contributed by atoms with van der Waals surface area (Å²) in [6.45, 7) is 11.4. The molecule has 1 rings (SSSR count). The molecule has 0 unspecified atom stereocenters. The molecule has 4 nitrogen and oxygen atoms in total. The number of hydrogen-bond acceptors (Lipinski definition) is 5. The molecular formula is C13H24N2O2S2. The van der Waals surface area contributed by atoms with Crippen LogP contribution in [0.4, 0.5) is 0 Å². The summed E-state index contributed by atoms with van der Waals surface area (Å²) in [5, 5.41) is 3.72. The highest BCUT2D eigenvalue weighted by Crippen LogP contribution is 2.21. The summed E-state index contributed by atoms with van der Waals surface area (Å²) in [6.07, 6.45) is 0. The highest BCUT2D eigenvalue weighted by Gasteiger charge is 2.19. The number of hydrogen-bond donors (Lipinski definition) is 1. The first-order valence-electron chi connectivity index (χ1n) is 6.60. The van der Waals surface area contributed by atoms with Gasteiger partial charge in [-0.2, -0.15) is 0 Å². The van der Waals surface area contributed by atoms with E-state index in [-0.39, 0.29) is 11.0 Å². The van der Waals surface area contributed by atoms with E-state index in [1.54, 1.807) is 13.8 Å². The van der Waals surface area contributed by atoms with E-state index >= 15 is 0 Å². The average Bonchev–Trinajstić information content (AvgIpc) is 2.57. The molecule has 1 N–H and O–H groups in total. The second kappa shape index (κ2) is 6.81. The number of sulfone groups is 1. The smallest absolute Gasteiger partial charge is 0.159 e. The normalized spacial score (nSPS) is 12.6. The van der Waals surface area contributed by atoms with Gasteiger partial charge in [0.05, 0.1) is 10.9 Å². The molecule has 19 heavy (non-hydrogen) atoms. The quantitative estimate of drug-likeness (QED) is 0.841. The number of nitrogens with zero attached hydrogens (tertiary/aromatic N) is 1. The summed E-state index contributed by atoms with van der Waals surface area (Å²) < 4.78 is 23.7. The summed E-state index contributed by atoms with van der Waals surface area (Å²) in [5.41, 5.74) is 0.940. The Labute approximate surface area is 120 Å². The maximum absolute atomic E-state index is 11.9. The molecule has 0 aliphatic heterocycles. The molecule has 0 amide bonds. The third-order valence-corrected chi connectivity index (χ3v) is 6.27. The number of rotatable bonds is 7. The van der Waals surface area contributed by atoms with Crippen LogP contribution in [0.3, 0.4) is 0 Å². The van der Waals surface area contributed by atoms with Crippen molar-refractivity contribution in [3.63, 3.8) is 0 Å². The second-order valence-corrected chi connectivity index (χ2v) is 9.22. The Morgan fingerprint density at radius 2 is 1.89 bits per heavy atom. The van der Waals surface area contributed by atoms with E-state index in [1.807, 2.05) is 6.92 Å². The van der Waals surface area contributed by atoms with E-state index in [9.17, 15) is 8.42 Å². The SMILES string of the molecule is Cc1nc(CS(=O)(=O)C(C)C)sc1CNCC(C)C. The molecule has 1 heterocycles. The van der Waals surface area contributed by atoms with Crippen LogP contribution in [-0.2, 0) is 22.1 Å². The summed E-state index contributed by atoms with van der Waals surface area (Å²) >= 11 is 1.50. The lowest BCUT2D eigenvalue weighted by Gasteiger charge is -2.06. The molecule has 0 bridgehead atoms. The maximum atomic E-state index is 11.9. The summed E-state index contributed by atoms with van der Waals surface area (Å²) in [5.74, 6) is 0.661. The van der Waals surface area contributed by atoms with Crippen LogP contribution in [0, 0.1) is 12.8 Å². The van der Waals surface area contributed by atoms with Crippen molar-refractivity contribution in [1.29, 1.82) is 0 Å². The summed E-state index contributed by atoms with van der Waals surface area (Å²) in [6, 6.07) is 0. The molecule has 1 aromatic heterocycles. The molecule has 0 aliphatic rings. The van der Waals surface area contributed by atoms with Gasteiger partial charge in [0.15, 0.2) is 9.84 Å². The standard InChI is InChI=1S/C13H24N2O2S2/c1-9(2)6-14-7-12-11(5)15-13(18-12)8-19(16,17)10(3)4/h9-10,14H,6-8H2,1-5H3. The highest BCUT2D eigenvalue weighted by atomic mass is 32.2. The van der Waals surface area contributed by atoms with E-state index in [2.05, 4.69) is 24.1 Å². The first-order chi connectivity index (χ1) is 8.72. The van der Waals surface area contributed by atoms with Gasteiger partial charge in [0.25, 0.3) is 0 Å². The first kappa shape index (κ1) is 16.6. The van der Waals surface area contributed by atoms with Crippen molar-refractivity contribution in [2.24, 2.45) is 5.92 Å². The predicted molar refractivity (Wildman–Crippen MR) is 81.2 cm³/mol. The van der Waals surface area contributed by atoms with Crippen LogP contribution in [0.2, 0.25) is 0 Å². The fourth-order valence-corrected chi connectivity index (χ4v) is 3.83. The van der Waals surface area contributed by atoms with Crippen molar-refractivity contribution in [2.75, 3.05) is 6.54 Å². The van der Waals surface area contributed by atoms with Crippen molar-refractivity contribution in [1.82, 2.24) is 10.3 Å². The molecule has 0 aromatic carbocycles. The van der Waals surface area contributed by atoms with E-state index < -0.39 is 9.84 Å². The maximum Gasteiger partial charge on any atom is 0.159 e. The fraction of sp³-hybridized carbons (Fsp3) is 0.769. The molecule has 0 radical (unpaired) electrons. The molecule has 0 atom stereocenters. The second-order valence-electron chi connectivity index (χ2n) is 5.50. The third kappa shape index (κ3) is 5.20. The summed E-state index contributed by atoms with van der Waals surface area (Å²) in [7, 11) is -3.06. The number of aromatic nitrogens is 1. The molecule has 1 aromatic rings. The highest BCUT2D eigenvalue weighted by molar-refractivity contribution is 7.91. The zero-order chi connectivity index (χ0) is 14.6. The Bertz CT molecular complexity index is 505. The molecule has 6 heteroatoms. The molecule has 0 saturated heterocycles. The largest absolute Gasteiger partial charge is 0.312 e. The minimum Gasteiger partial charge on any atom is -0.312 e. The Kier molecular flexibility index (Phi) is 5.95. The van der Waals surface area contributed by atoms with E-state index in [1.165, 1.54) is 11.3 Å². The van der Waals surface area contributed by atoms with Gasteiger partial charge in [-0.15, -0.1) is 11.3 Å². The Morgan fingerprint density at radius 1 is 1.26 bits per heavy atom. The number of thiazole rings is 1. The van der Waals surface area contributed by atoms with E-state index in [0.717, 1.165) is 23.7 Å². The van der Waals surface area contributed by atoms with Crippen LogP contribution < -0.4 is 5.32 Å². The lowest BCUT2D eigenvalue weighted by molar-refractivity contribution is 0.554. The third-order valence-electron chi connectivity index (χ3n) is 2.82. The number of nitrogens with one attached hydrogen (secondary N) is 1. The van der Waals surface area contributed by atoms with Gasteiger partial charge >= 0.3 is 0 Å². The van der Waals surface area contributed by atoms with E-state index in [0.29, 0.717) is 10.9 Å². The van der Waals surface area contributed by atoms with Gasteiger partial charge in [0, 0.05) is 11.4 Å². The van der Waals surface area contributed by atoms with E-state index in [4.69, 9.17) is 0 Å². The Morgan fingerprint density at radius 3 is 2.42 bits per heavy atom. The molecule has 0 saturated carbocycles. The molecular weight excluding hydrogens is 280 g/mol. The van der Waals surface area contributed by atoms with Gasteiger partial charge in [-0.1, -0.05) is 13.8 Å². The van der Waals surface area contributed by atoms with Crippen molar-refractivity contribution >= 4 is 21.2 Å². The van der Waals surface area contributed by atoms with Crippen LogP contribution in [0.5, 0.6) is 0 Å². The van der Waals surface area contributed by atoms with Gasteiger partial charge in [0.2, 0.25) is 0 Å². The van der Waals surface area contributed by atoms with Gasteiger partial charge in [-0.3, -0.25) is 0 Å². The molecule has 0 fully saturated rings. The molecule has 0 aliphatic carbocycles. The topological polar surface area (TPSA) is 59.1 Å². The summed E-state index contributed by atoms with van der Waals surface area (Å²) in [4.78, 5) is 5.51. The van der Waals surface area contributed by atoms with Crippen molar-refractivity contribution in [3.8, 4) is 0 Å². The molecule has 0 spiro atoms. The Balaban J connectivity index is 2.69. The fourth-order valence-electron chi connectivity index (χ4n) is 1.53.